The number of thioether (sulfide) groups is 1. The molecule has 15 heavy (non-hydrogen) atoms. The van der Waals surface area contributed by atoms with Crippen LogP contribution in [0.4, 0.5) is 0 Å². The predicted molar refractivity (Wildman–Crippen MR) is 69.1 cm³/mol. The van der Waals surface area contributed by atoms with Gasteiger partial charge in [0, 0.05) is 15.8 Å². The van der Waals surface area contributed by atoms with Crippen molar-refractivity contribution in [3.63, 3.8) is 0 Å². The lowest BCUT2D eigenvalue weighted by Gasteiger charge is -1.98. The molecule has 0 saturated carbocycles. The van der Waals surface area contributed by atoms with Crippen LogP contribution < -0.4 is 0 Å². The van der Waals surface area contributed by atoms with E-state index >= 15 is 0 Å². The summed E-state index contributed by atoms with van der Waals surface area (Å²) < 4.78 is 1.03. The first kappa shape index (κ1) is 12.5. The molecule has 0 saturated heterocycles. The Labute approximate surface area is 103 Å². The van der Waals surface area contributed by atoms with Crippen molar-refractivity contribution < 1.29 is 4.79 Å². The van der Waals surface area contributed by atoms with Gasteiger partial charge in [0.2, 0.25) is 0 Å². The van der Waals surface area contributed by atoms with E-state index in [9.17, 15) is 4.79 Å². The zero-order chi connectivity index (χ0) is 11.3. The summed E-state index contributed by atoms with van der Waals surface area (Å²) in [6.07, 6.45) is 2.46. The highest BCUT2D eigenvalue weighted by Crippen LogP contribution is 2.22. The Kier molecular flexibility index (Phi) is 5.12. The fraction of sp³-hybridized carbons (Fsp3) is 0.250. The molecule has 0 aliphatic carbocycles. The van der Waals surface area contributed by atoms with Crippen molar-refractivity contribution in [3.8, 4) is 0 Å². The van der Waals surface area contributed by atoms with Gasteiger partial charge in [-0.15, -0.1) is 0 Å². The van der Waals surface area contributed by atoms with Gasteiger partial charge in [0.15, 0.2) is 5.12 Å². The third-order valence-electron chi connectivity index (χ3n) is 1.72. The number of carbonyl (C=O) groups is 1. The Morgan fingerprint density at radius 3 is 2.47 bits per heavy atom. The van der Waals surface area contributed by atoms with Gasteiger partial charge in [-0.1, -0.05) is 39.3 Å². The van der Waals surface area contributed by atoms with Gasteiger partial charge in [-0.2, -0.15) is 0 Å². The minimum atomic E-state index is 0.179. The second kappa shape index (κ2) is 6.13. The normalized spacial score (nSPS) is 9.80. The molecule has 1 aromatic carbocycles. The average Bonchev–Trinajstić information content (AvgIpc) is 2.19. The number of allylic oxidation sites excluding steroid dienone is 2. The monoisotopic (exact) mass is 284 g/mol. The van der Waals surface area contributed by atoms with Gasteiger partial charge in [0.1, 0.15) is 0 Å². The van der Waals surface area contributed by atoms with E-state index in [1.165, 1.54) is 17.3 Å². The molecule has 0 aliphatic rings. The van der Waals surface area contributed by atoms with Crippen LogP contribution in [-0.4, -0.2) is 5.12 Å². The minimum Gasteiger partial charge on any atom is -0.286 e. The summed E-state index contributed by atoms with van der Waals surface area (Å²) in [5, 5.41) is 0.179. The Morgan fingerprint density at radius 2 is 1.93 bits per heavy atom. The molecule has 0 aromatic heterocycles. The molecular formula is C12H13BrOS. The van der Waals surface area contributed by atoms with Crippen molar-refractivity contribution in [2.24, 2.45) is 0 Å². The summed E-state index contributed by atoms with van der Waals surface area (Å²) in [5.41, 5.74) is 1.18. The molecule has 0 radical (unpaired) electrons. The van der Waals surface area contributed by atoms with Crippen molar-refractivity contribution in [1.29, 1.82) is 0 Å². The smallest absolute Gasteiger partial charge is 0.197 e. The van der Waals surface area contributed by atoms with Crippen LogP contribution in [0.15, 0.2) is 45.3 Å². The Balaban J connectivity index is 2.51. The molecule has 0 atom stereocenters. The highest BCUT2D eigenvalue weighted by molar-refractivity contribution is 9.10. The van der Waals surface area contributed by atoms with E-state index in [1.807, 2.05) is 44.2 Å². The van der Waals surface area contributed by atoms with Crippen LogP contribution in [0.2, 0.25) is 0 Å². The number of carbonyl (C=O) groups excluding carboxylic acids is 1. The van der Waals surface area contributed by atoms with E-state index < -0.39 is 0 Å². The first-order valence-electron chi connectivity index (χ1n) is 4.67. The maximum absolute atomic E-state index is 11.5. The molecule has 1 nitrogen and oxygen atoms in total. The van der Waals surface area contributed by atoms with E-state index in [2.05, 4.69) is 15.9 Å². The van der Waals surface area contributed by atoms with Crippen LogP contribution in [0, 0.1) is 0 Å². The van der Waals surface area contributed by atoms with Crippen LogP contribution in [0.25, 0.3) is 0 Å². The lowest BCUT2D eigenvalue weighted by atomic mass is 10.3. The number of benzene rings is 1. The molecule has 0 unspecified atom stereocenters. The molecule has 0 N–H and O–H groups in total. The van der Waals surface area contributed by atoms with Gasteiger partial charge in [-0.3, -0.25) is 4.79 Å². The summed E-state index contributed by atoms with van der Waals surface area (Å²) in [4.78, 5) is 12.5. The molecule has 0 spiro atoms. The molecule has 1 rings (SSSR count). The fourth-order valence-electron chi connectivity index (χ4n) is 0.963. The maximum atomic E-state index is 11.5. The van der Waals surface area contributed by atoms with Crippen LogP contribution in [0.3, 0.4) is 0 Å². The molecule has 0 bridgehead atoms. The molecule has 1 aromatic rings. The van der Waals surface area contributed by atoms with Crippen LogP contribution in [0.5, 0.6) is 0 Å². The molecule has 0 amide bonds. The van der Waals surface area contributed by atoms with E-state index in [0.717, 1.165) is 9.37 Å². The van der Waals surface area contributed by atoms with Gasteiger partial charge in [0.05, 0.1) is 0 Å². The van der Waals surface area contributed by atoms with Crippen molar-refractivity contribution in [3.05, 3.63) is 40.4 Å². The van der Waals surface area contributed by atoms with Crippen molar-refractivity contribution in [1.82, 2.24) is 0 Å². The molecule has 3 heteroatoms. The topological polar surface area (TPSA) is 17.1 Å². The lowest BCUT2D eigenvalue weighted by Crippen LogP contribution is -1.88. The van der Waals surface area contributed by atoms with Crippen molar-refractivity contribution >= 4 is 32.8 Å². The highest BCUT2D eigenvalue weighted by Gasteiger charge is 2.02. The zero-order valence-electron chi connectivity index (χ0n) is 8.79. The Morgan fingerprint density at radius 1 is 1.33 bits per heavy atom. The van der Waals surface area contributed by atoms with Crippen molar-refractivity contribution in [2.75, 3.05) is 0 Å². The SMILES string of the molecule is CC(C)=CCC(=O)Sc1ccc(Br)cc1. The predicted octanol–water partition coefficient (Wildman–Crippen LogP) is 4.42. The van der Waals surface area contributed by atoms with E-state index in [0.29, 0.717) is 6.42 Å². The van der Waals surface area contributed by atoms with Gasteiger partial charge in [0.25, 0.3) is 0 Å². The lowest BCUT2D eigenvalue weighted by molar-refractivity contribution is -0.110. The largest absolute Gasteiger partial charge is 0.286 e. The van der Waals surface area contributed by atoms with Crippen LogP contribution in [-0.2, 0) is 4.79 Å². The van der Waals surface area contributed by atoms with Crippen molar-refractivity contribution in [2.45, 2.75) is 25.2 Å². The molecule has 80 valence electrons. The van der Waals surface area contributed by atoms with E-state index in [-0.39, 0.29) is 5.12 Å². The minimum absolute atomic E-state index is 0.179. The number of rotatable bonds is 3. The summed E-state index contributed by atoms with van der Waals surface area (Å²) in [6.45, 7) is 4.00. The number of hydrogen-bond acceptors (Lipinski definition) is 2. The highest BCUT2D eigenvalue weighted by atomic mass is 79.9. The summed E-state index contributed by atoms with van der Waals surface area (Å²) in [7, 11) is 0. The van der Waals surface area contributed by atoms with Gasteiger partial charge in [-0.05, 0) is 38.1 Å². The van der Waals surface area contributed by atoms with Gasteiger partial charge in [-0.25, -0.2) is 0 Å². The average molecular weight is 285 g/mol. The van der Waals surface area contributed by atoms with Gasteiger partial charge < -0.3 is 0 Å². The third-order valence-corrected chi connectivity index (χ3v) is 3.15. The molecular weight excluding hydrogens is 272 g/mol. The second-order valence-electron chi connectivity index (χ2n) is 3.41. The van der Waals surface area contributed by atoms with E-state index in [1.54, 1.807) is 0 Å². The van der Waals surface area contributed by atoms with Crippen LogP contribution >= 0.6 is 27.7 Å². The Bertz CT molecular complexity index is 364. The standard InChI is InChI=1S/C12H13BrOS/c1-9(2)3-8-12(14)15-11-6-4-10(13)5-7-11/h3-7H,8H2,1-2H3. The van der Waals surface area contributed by atoms with Gasteiger partial charge >= 0.3 is 0 Å². The zero-order valence-corrected chi connectivity index (χ0v) is 11.2. The fourth-order valence-corrected chi connectivity index (χ4v) is 1.93. The second-order valence-corrected chi connectivity index (χ2v) is 5.46. The number of hydrogen-bond donors (Lipinski definition) is 0. The summed E-state index contributed by atoms with van der Waals surface area (Å²) >= 11 is 4.65. The first-order chi connectivity index (χ1) is 7.08. The molecule has 0 aliphatic heterocycles. The quantitative estimate of drug-likeness (QED) is 0.604. The molecule has 0 fully saturated rings. The number of halogens is 1. The first-order valence-corrected chi connectivity index (χ1v) is 6.28. The maximum Gasteiger partial charge on any atom is 0.197 e. The summed E-state index contributed by atoms with van der Waals surface area (Å²) in [6, 6.07) is 7.76. The summed E-state index contributed by atoms with van der Waals surface area (Å²) in [5.74, 6) is 0. The third kappa shape index (κ3) is 5.19. The van der Waals surface area contributed by atoms with Crippen LogP contribution in [0.1, 0.15) is 20.3 Å². The van der Waals surface area contributed by atoms with E-state index in [4.69, 9.17) is 0 Å². The Hall–Kier alpha value is -0.540. The molecule has 0 heterocycles.